The lowest BCUT2D eigenvalue weighted by Gasteiger charge is -2.04. The van der Waals surface area contributed by atoms with Gasteiger partial charge in [-0.2, -0.15) is 0 Å². The molecule has 1 saturated heterocycles. The van der Waals surface area contributed by atoms with Crippen LogP contribution >= 0.6 is 21.6 Å². The van der Waals surface area contributed by atoms with Crippen LogP contribution in [0.1, 0.15) is 42.5 Å². The summed E-state index contributed by atoms with van der Waals surface area (Å²) in [6.45, 7) is 0. The highest BCUT2D eigenvalue weighted by molar-refractivity contribution is 8.76. The van der Waals surface area contributed by atoms with Crippen molar-refractivity contribution in [1.29, 1.82) is 0 Å². The summed E-state index contributed by atoms with van der Waals surface area (Å²) in [6, 6.07) is 0. The van der Waals surface area contributed by atoms with Gasteiger partial charge in [-0.15, -0.1) is 0 Å². The zero-order valence-corrected chi connectivity index (χ0v) is 5.28. The van der Waals surface area contributed by atoms with Crippen LogP contribution in [0.5, 0.6) is 0 Å². The van der Waals surface area contributed by atoms with Crippen molar-refractivity contribution in [2.45, 2.75) is 42.5 Å². The predicted octanol–water partition coefficient (Wildman–Crippen LogP) is 4.71. The Morgan fingerprint density at radius 1 is 0.600 bits per heavy atom. The van der Waals surface area contributed by atoms with E-state index >= 15 is 0 Å². The lowest BCUT2D eigenvalue weighted by molar-refractivity contribution is 0.906. The summed E-state index contributed by atoms with van der Waals surface area (Å²) in [7, 11) is 4.02. The highest BCUT2D eigenvalue weighted by atomic mass is 33.1. The molecular weight excluding hydrogens is 160 g/mol. The summed E-state index contributed by atoms with van der Waals surface area (Å²) >= 11 is 0. The van der Waals surface area contributed by atoms with Crippen LogP contribution in [0.15, 0.2) is 0 Å². The van der Waals surface area contributed by atoms with E-state index in [-0.39, 0.29) is 29.7 Å². The van der Waals surface area contributed by atoms with Gasteiger partial charge in [0.2, 0.25) is 0 Å². The Bertz CT molecular complexity index is 22.7. The molecule has 0 saturated carbocycles. The fourth-order valence-electron chi connectivity index (χ4n) is 0.440. The standard InChI is InChI=1S/C4H8S2.4CH4/c1-2-4-6-5-3-1;;;;/h1-4H2;4*1H4. The first-order valence-electron chi connectivity index (χ1n) is 2.24. The average Bonchev–Trinajstić information content (AvgIpc) is 1.72. The van der Waals surface area contributed by atoms with Crippen molar-refractivity contribution in [2.75, 3.05) is 11.5 Å². The normalized spacial score (nSPS) is 14.4. The molecule has 0 nitrogen and oxygen atoms in total. The SMILES string of the molecule is C.C.C.C.C1CCSSC1. The molecule has 1 aliphatic heterocycles. The molecule has 1 rings (SSSR count). The van der Waals surface area contributed by atoms with Gasteiger partial charge >= 0.3 is 0 Å². The van der Waals surface area contributed by atoms with Crippen LogP contribution in [-0.2, 0) is 0 Å². The maximum Gasteiger partial charge on any atom is 0.00372 e. The van der Waals surface area contributed by atoms with Gasteiger partial charge in [-0.05, 0) is 12.8 Å². The van der Waals surface area contributed by atoms with E-state index in [1.165, 1.54) is 24.3 Å². The monoisotopic (exact) mass is 184 g/mol. The average molecular weight is 184 g/mol. The van der Waals surface area contributed by atoms with Crippen molar-refractivity contribution in [2.24, 2.45) is 0 Å². The third-order valence-corrected chi connectivity index (χ3v) is 3.37. The Hall–Kier alpha value is 0.700. The molecule has 1 aliphatic rings. The van der Waals surface area contributed by atoms with E-state index in [0.717, 1.165) is 0 Å². The first-order valence-corrected chi connectivity index (χ1v) is 4.73. The van der Waals surface area contributed by atoms with Crippen molar-refractivity contribution in [3.05, 3.63) is 0 Å². The van der Waals surface area contributed by atoms with Crippen molar-refractivity contribution < 1.29 is 0 Å². The topological polar surface area (TPSA) is 0 Å². The minimum atomic E-state index is 0. The molecule has 0 radical (unpaired) electrons. The molecular formula is C8H24S2. The summed E-state index contributed by atoms with van der Waals surface area (Å²) in [5.74, 6) is 2.76. The highest BCUT2D eigenvalue weighted by Gasteiger charge is 1.96. The molecule has 0 N–H and O–H groups in total. The number of hydrogen-bond acceptors (Lipinski definition) is 2. The number of hydrogen-bond donors (Lipinski definition) is 0. The molecule has 0 aromatic rings. The van der Waals surface area contributed by atoms with Crippen LogP contribution in [0, 0.1) is 0 Å². The fraction of sp³-hybridized carbons (Fsp3) is 1.00. The van der Waals surface area contributed by atoms with Gasteiger partial charge in [0, 0.05) is 11.5 Å². The summed E-state index contributed by atoms with van der Waals surface area (Å²) in [6.07, 6.45) is 2.88. The number of rotatable bonds is 0. The van der Waals surface area contributed by atoms with E-state index in [2.05, 4.69) is 0 Å². The molecule has 0 aliphatic carbocycles. The van der Waals surface area contributed by atoms with Crippen molar-refractivity contribution in [1.82, 2.24) is 0 Å². The molecule has 0 atom stereocenters. The zero-order chi connectivity index (χ0) is 4.24. The molecule has 10 heavy (non-hydrogen) atoms. The van der Waals surface area contributed by atoms with E-state index in [4.69, 9.17) is 0 Å². The summed E-state index contributed by atoms with van der Waals surface area (Å²) < 4.78 is 0. The molecule has 1 heterocycles. The maximum atomic E-state index is 2.01. The van der Waals surface area contributed by atoms with Crippen LogP contribution in [-0.4, -0.2) is 11.5 Å². The fourth-order valence-corrected chi connectivity index (χ4v) is 2.73. The Labute approximate surface area is 76.0 Å². The van der Waals surface area contributed by atoms with Crippen LogP contribution < -0.4 is 0 Å². The third-order valence-electron chi connectivity index (χ3n) is 0.789. The largest absolute Gasteiger partial charge is 0.0942 e. The van der Waals surface area contributed by atoms with Gasteiger partial charge in [0.05, 0.1) is 0 Å². The second kappa shape index (κ2) is 16.4. The Balaban J connectivity index is -0.0000000450. The lowest BCUT2D eigenvalue weighted by atomic mass is 10.4. The molecule has 0 aromatic heterocycles. The predicted molar refractivity (Wildman–Crippen MR) is 61.1 cm³/mol. The Kier molecular flexibility index (Phi) is 36.7. The van der Waals surface area contributed by atoms with Gasteiger partial charge in [-0.25, -0.2) is 0 Å². The van der Waals surface area contributed by atoms with Crippen molar-refractivity contribution >= 4 is 21.6 Å². The van der Waals surface area contributed by atoms with Crippen molar-refractivity contribution in [3.63, 3.8) is 0 Å². The highest BCUT2D eigenvalue weighted by Crippen LogP contribution is 2.28. The molecule has 0 amide bonds. The Morgan fingerprint density at radius 2 is 0.900 bits per heavy atom. The van der Waals surface area contributed by atoms with E-state index in [1.807, 2.05) is 21.6 Å². The molecule has 2 heteroatoms. The van der Waals surface area contributed by atoms with E-state index < -0.39 is 0 Å². The second-order valence-corrected chi connectivity index (χ2v) is 4.05. The van der Waals surface area contributed by atoms with Crippen LogP contribution in [0.4, 0.5) is 0 Å². The molecule has 0 bridgehead atoms. The summed E-state index contributed by atoms with van der Waals surface area (Å²) in [5, 5.41) is 0. The van der Waals surface area contributed by atoms with Gasteiger partial charge in [-0.1, -0.05) is 51.3 Å². The van der Waals surface area contributed by atoms with Crippen LogP contribution in [0.3, 0.4) is 0 Å². The van der Waals surface area contributed by atoms with E-state index in [0.29, 0.717) is 0 Å². The maximum absolute atomic E-state index is 2.01. The first-order chi connectivity index (χ1) is 3.00. The van der Waals surface area contributed by atoms with Gasteiger partial charge in [-0.3, -0.25) is 0 Å². The second-order valence-electron chi connectivity index (χ2n) is 1.35. The van der Waals surface area contributed by atoms with Crippen LogP contribution in [0.25, 0.3) is 0 Å². The Morgan fingerprint density at radius 3 is 1.00 bits per heavy atom. The zero-order valence-electron chi connectivity index (χ0n) is 3.64. The van der Waals surface area contributed by atoms with Gasteiger partial charge < -0.3 is 0 Å². The van der Waals surface area contributed by atoms with Crippen LogP contribution in [0.2, 0.25) is 0 Å². The van der Waals surface area contributed by atoms with E-state index in [1.54, 1.807) is 0 Å². The minimum absolute atomic E-state index is 0. The third kappa shape index (κ3) is 11.5. The minimum Gasteiger partial charge on any atom is -0.0942 e. The van der Waals surface area contributed by atoms with Gasteiger partial charge in [0.25, 0.3) is 0 Å². The summed E-state index contributed by atoms with van der Waals surface area (Å²) in [5.41, 5.74) is 0. The molecule has 0 spiro atoms. The molecule has 0 unspecified atom stereocenters. The van der Waals surface area contributed by atoms with E-state index in [9.17, 15) is 0 Å². The molecule has 0 aromatic carbocycles. The first kappa shape index (κ1) is 22.4. The molecule has 1 fully saturated rings. The molecule has 68 valence electrons. The quantitative estimate of drug-likeness (QED) is 0.500. The lowest BCUT2D eigenvalue weighted by Crippen LogP contribution is -1.86. The summed E-state index contributed by atoms with van der Waals surface area (Å²) in [4.78, 5) is 0. The van der Waals surface area contributed by atoms with Gasteiger partial charge in [0.15, 0.2) is 0 Å². The smallest absolute Gasteiger partial charge is 0.00372 e. The van der Waals surface area contributed by atoms with Gasteiger partial charge in [0.1, 0.15) is 0 Å². The van der Waals surface area contributed by atoms with Crippen molar-refractivity contribution in [3.8, 4) is 0 Å².